The molecule has 0 aliphatic rings. The zero-order valence-corrected chi connectivity index (χ0v) is 61.0. The Morgan fingerprint density at radius 3 is 0.862 bits per heavy atom. The smallest absolute Gasteiger partial charge is 0.462 e. The van der Waals surface area contributed by atoms with E-state index in [-0.39, 0.29) is 32.0 Å². The molecule has 2 atom stereocenters. The van der Waals surface area contributed by atoms with Crippen molar-refractivity contribution < 1.29 is 42.1 Å². The molecule has 0 aliphatic carbocycles. The van der Waals surface area contributed by atoms with Crippen LogP contribution in [0.3, 0.4) is 0 Å². The van der Waals surface area contributed by atoms with Crippen LogP contribution in [0.25, 0.3) is 0 Å². The molecular weight excluding hydrogens is 1180 g/mol. The number of carbonyl (C=O) groups excluding carboxylic acids is 2. The fraction of sp³-hybridized carbons (Fsp3) is 0.571. The lowest BCUT2D eigenvalue weighted by atomic mass is 10.0. The molecule has 0 rings (SSSR count). The van der Waals surface area contributed by atoms with E-state index in [9.17, 15) is 19.0 Å². The van der Waals surface area contributed by atoms with E-state index in [1.807, 2.05) is 21.1 Å². The maximum atomic E-state index is 12.9. The Labute approximate surface area is 576 Å². The van der Waals surface area contributed by atoms with E-state index in [4.69, 9.17) is 18.5 Å². The number of likely N-dealkylation sites (N-methyl/N-ethyl adjacent to an activating group) is 1. The number of unbranched alkanes of at least 4 members (excludes halogenated alkanes) is 17. The van der Waals surface area contributed by atoms with Crippen molar-refractivity contribution in [1.29, 1.82) is 0 Å². The van der Waals surface area contributed by atoms with Crippen molar-refractivity contribution in [3.8, 4) is 0 Å². The van der Waals surface area contributed by atoms with E-state index < -0.39 is 26.5 Å². The van der Waals surface area contributed by atoms with Crippen LogP contribution in [0.15, 0.2) is 207 Å². The van der Waals surface area contributed by atoms with Gasteiger partial charge in [-0.2, -0.15) is 0 Å². The molecule has 0 aromatic carbocycles. The molecule has 0 saturated carbocycles. The summed E-state index contributed by atoms with van der Waals surface area (Å²) in [5, 5.41) is 0. The summed E-state index contributed by atoms with van der Waals surface area (Å²) in [6.45, 7) is 4.15. The largest absolute Gasteiger partial charge is 0.472 e. The van der Waals surface area contributed by atoms with E-state index in [1.54, 1.807) is 0 Å². The number of allylic oxidation sites excluding steroid dienone is 34. The number of esters is 2. The number of phosphoric acid groups is 1. The third-order valence-electron chi connectivity index (χ3n) is 14.8. The number of hydrogen-bond donors (Lipinski definition) is 1. The van der Waals surface area contributed by atoms with Crippen LogP contribution in [0.1, 0.15) is 258 Å². The van der Waals surface area contributed by atoms with Gasteiger partial charge in [-0.05, 0) is 148 Å². The van der Waals surface area contributed by atoms with Gasteiger partial charge in [0.05, 0.1) is 27.7 Å². The Bertz CT molecular complexity index is 2340. The average Bonchev–Trinajstić information content (AvgIpc) is 1.56. The molecule has 9 nitrogen and oxygen atoms in total. The number of phosphoric ester groups is 1. The molecule has 0 aliphatic heterocycles. The molecule has 0 aromatic heterocycles. The maximum Gasteiger partial charge on any atom is 0.472 e. The van der Waals surface area contributed by atoms with Gasteiger partial charge >= 0.3 is 19.8 Å². The normalized spacial score (nSPS) is 14.3. The quantitative estimate of drug-likeness (QED) is 0.0211. The van der Waals surface area contributed by atoms with Gasteiger partial charge in [0.1, 0.15) is 19.8 Å². The molecule has 528 valence electrons. The zero-order valence-electron chi connectivity index (χ0n) is 60.1. The maximum absolute atomic E-state index is 12.9. The summed E-state index contributed by atoms with van der Waals surface area (Å²) >= 11 is 0. The lowest BCUT2D eigenvalue weighted by Crippen LogP contribution is -2.37. The van der Waals surface area contributed by atoms with Gasteiger partial charge < -0.3 is 18.9 Å². The van der Waals surface area contributed by atoms with Gasteiger partial charge in [0.25, 0.3) is 0 Å². The summed E-state index contributed by atoms with van der Waals surface area (Å²) in [4.78, 5) is 35.9. The van der Waals surface area contributed by atoms with Crippen LogP contribution in [0.4, 0.5) is 0 Å². The summed E-state index contributed by atoms with van der Waals surface area (Å²) in [6, 6.07) is 0. The Morgan fingerprint density at radius 1 is 0.330 bits per heavy atom. The lowest BCUT2D eigenvalue weighted by Gasteiger charge is -2.24. The molecule has 2 unspecified atom stereocenters. The van der Waals surface area contributed by atoms with Crippen LogP contribution in [-0.4, -0.2) is 74.9 Å². The van der Waals surface area contributed by atoms with Gasteiger partial charge in [0.15, 0.2) is 6.10 Å². The first-order valence-electron chi connectivity index (χ1n) is 36.8. The van der Waals surface area contributed by atoms with E-state index in [0.29, 0.717) is 17.4 Å². The highest BCUT2D eigenvalue weighted by Gasteiger charge is 2.27. The van der Waals surface area contributed by atoms with Crippen molar-refractivity contribution in [2.45, 2.75) is 264 Å². The molecule has 10 heteroatoms. The summed E-state index contributed by atoms with van der Waals surface area (Å²) in [5.74, 6) is -0.849. The van der Waals surface area contributed by atoms with Crippen molar-refractivity contribution in [1.82, 2.24) is 0 Å². The van der Waals surface area contributed by atoms with Gasteiger partial charge in [-0.1, -0.05) is 304 Å². The van der Waals surface area contributed by atoms with Crippen LogP contribution < -0.4 is 0 Å². The fourth-order valence-corrected chi connectivity index (χ4v) is 10.0. The Balaban J connectivity index is 4.18. The summed E-state index contributed by atoms with van der Waals surface area (Å²) < 4.78 is 34.7. The first-order chi connectivity index (χ1) is 46.0. The zero-order chi connectivity index (χ0) is 68.3. The monoisotopic (exact) mass is 1320 g/mol. The highest BCUT2D eigenvalue weighted by Crippen LogP contribution is 2.43. The molecule has 0 fully saturated rings. The molecule has 0 amide bonds. The van der Waals surface area contributed by atoms with Crippen molar-refractivity contribution >= 4 is 19.8 Å². The predicted octanol–water partition coefficient (Wildman–Crippen LogP) is 24.6. The second kappa shape index (κ2) is 71.9. The van der Waals surface area contributed by atoms with E-state index >= 15 is 0 Å². The first-order valence-corrected chi connectivity index (χ1v) is 38.3. The summed E-state index contributed by atoms with van der Waals surface area (Å²) in [7, 11) is 1.43. The first kappa shape index (κ1) is 88.6. The molecule has 0 saturated heterocycles. The molecule has 0 heterocycles. The van der Waals surface area contributed by atoms with Crippen LogP contribution in [0.2, 0.25) is 0 Å². The highest BCUT2D eigenvalue weighted by molar-refractivity contribution is 7.47. The lowest BCUT2D eigenvalue weighted by molar-refractivity contribution is -0.870. The number of hydrogen-bond acceptors (Lipinski definition) is 7. The van der Waals surface area contributed by atoms with E-state index in [1.165, 1.54) is 77.0 Å². The standard InChI is InChI=1S/C84H134NO8P/c1-6-8-10-12-14-16-18-20-22-24-26-28-30-32-34-36-38-40-41-42-43-45-47-49-51-53-55-57-59-61-63-65-67-69-71-73-75-77-84(87)93-82(81-92-94(88,89)91-79-78-85(3,4)5)80-90-83(86)76-74-72-70-68-66-64-62-60-58-56-54-52-50-48-46-44-39-37-35-33-31-29-27-25-23-21-19-17-15-13-11-9-7-2/h8-11,14-17,20-23,26-29,32-35,38-40,42-44,47,49,53,55,59,61,65,67,82H,6-7,12-13,18-19,24-25,30-31,36-37,41,45-46,48,50-52,54,56-58,60,62-64,66,68-81H2,1-5H3/p+1/b10-8-,11-9-,16-14-,17-15-,22-20-,23-21-,28-26-,29-27-,34-32-,35-33-,40-38-,43-42-,44-39-,49-47-,55-53-,61-59-,67-65-. The number of nitrogens with zero attached hydrogens (tertiary/aromatic N) is 1. The third kappa shape index (κ3) is 75.6. The van der Waals surface area contributed by atoms with Crippen molar-refractivity contribution in [3.05, 3.63) is 207 Å². The molecule has 0 aromatic rings. The minimum Gasteiger partial charge on any atom is -0.462 e. The van der Waals surface area contributed by atoms with Crippen molar-refractivity contribution in [2.24, 2.45) is 0 Å². The van der Waals surface area contributed by atoms with E-state index in [0.717, 1.165) is 148 Å². The van der Waals surface area contributed by atoms with Crippen molar-refractivity contribution in [2.75, 3.05) is 47.5 Å². The van der Waals surface area contributed by atoms with Gasteiger partial charge in [-0.15, -0.1) is 0 Å². The average molecular weight is 1320 g/mol. The molecule has 1 N–H and O–H groups in total. The molecule has 0 bridgehead atoms. The minimum atomic E-state index is -4.42. The predicted molar refractivity (Wildman–Crippen MR) is 408 cm³/mol. The van der Waals surface area contributed by atoms with Gasteiger partial charge in [-0.25, -0.2) is 4.57 Å². The van der Waals surface area contributed by atoms with Gasteiger partial charge in [0, 0.05) is 12.8 Å². The highest BCUT2D eigenvalue weighted by atomic mass is 31.2. The molecular formula is C84H135NO8P+. The Hall–Kier alpha value is -5.41. The second-order valence-electron chi connectivity index (χ2n) is 24.9. The van der Waals surface area contributed by atoms with Crippen molar-refractivity contribution in [3.63, 3.8) is 0 Å². The number of quaternary nitrogens is 1. The van der Waals surface area contributed by atoms with Crippen LogP contribution in [0, 0.1) is 0 Å². The van der Waals surface area contributed by atoms with Crippen LogP contribution in [0.5, 0.6) is 0 Å². The van der Waals surface area contributed by atoms with E-state index in [2.05, 4.69) is 220 Å². The van der Waals surface area contributed by atoms with Crippen LogP contribution >= 0.6 is 7.82 Å². The number of carbonyl (C=O) groups is 2. The third-order valence-corrected chi connectivity index (χ3v) is 15.8. The molecule has 0 radical (unpaired) electrons. The Morgan fingerprint density at radius 2 is 0.574 bits per heavy atom. The number of ether oxygens (including phenoxy) is 2. The fourth-order valence-electron chi connectivity index (χ4n) is 9.26. The van der Waals surface area contributed by atoms with Gasteiger partial charge in [-0.3, -0.25) is 18.6 Å². The topological polar surface area (TPSA) is 108 Å². The summed E-state index contributed by atoms with van der Waals surface area (Å²) in [6.07, 6.45) is 114. The number of rotatable bonds is 65. The van der Waals surface area contributed by atoms with Crippen LogP contribution in [-0.2, 0) is 32.7 Å². The summed E-state index contributed by atoms with van der Waals surface area (Å²) in [5.41, 5.74) is 0. The molecule has 0 spiro atoms. The second-order valence-corrected chi connectivity index (χ2v) is 26.3. The minimum absolute atomic E-state index is 0.0140. The molecule has 94 heavy (non-hydrogen) atoms. The van der Waals surface area contributed by atoms with Gasteiger partial charge in [0.2, 0.25) is 0 Å². The SMILES string of the molecule is CC/C=C\C/C=C\C/C=C\C/C=C\C/C=C\C/C=C\C/C=C\C/C=C\C/C=C\C/C=C\C/C=C\CCCCCC(=O)OC(COC(=O)CCCCCCCCCCCCCCCC/C=C\C/C=C\C/C=C\C/C=C\C/C=C\C/C=C\CC)COP(=O)(O)OCC[N+](C)(C)C. The Kier molecular flexibility index (Phi) is 67.7.